The molecule has 0 bridgehead atoms. The zero-order valence-corrected chi connectivity index (χ0v) is 22.7. The molecule has 9 nitrogen and oxygen atoms in total. The van der Waals surface area contributed by atoms with Crippen LogP contribution in [0.1, 0.15) is 36.5 Å². The van der Waals surface area contributed by atoms with Crippen LogP contribution in [0.25, 0.3) is 11.5 Å². The summed E-state index contributed by atoms with van der Waals surface area (Å²) in [5.74, 6) is -0.681. The molecule has 0 aliphatic heterocycles. The van der Waals surface area contributed by atoms with Gasteiger partial charge in [-0.1, -0.05) is 23.2 Å². The highest BCUT2D eigenvalue weighted by Gasteiger charge is 2.29. The SMILES string of the molecule is [B]C([B])(Oc1cc(C)n(-c2cc(-n3ccnc(C(C)(C)O)c3=O)ncc2C)c(=O)c1Cl)c1ncc(F)cc1Cl. The fraction of sp³-hybridized carbons (Fsp3) is 0.240. The minimum atomic E-state index is -2.15. The molecular formula is C25H20B2Cl2FN5O4. The maximum absolute atomic E-state index is 13.4. The standard InChI is InChI=1S/C25H20B2Cl2FN5O4/c1-12-10-32-18(34-6-5-31-21(23(34)37)24(3,4)38)9-16(12)35-13(2)7-17(19(29)22(35)36)39-25(26,27)20-15(28)8-14(30)11-33-20/h5-11,38H,1-4H3. The van der Waals surface area contributed by atoms with E-state index in [0.717, 1.165) is 12.3 Å². The molecule has 0 saturated heterocycles. The Morgan fingerprint density at radius 2 is 1.69 bits per heavy atom. The molecule has 1 N–H and O–H groups in total. The Balaban J connectivity index is 1.81. The van der Waals surface area contributed by atoms with E-state index in [-0.39, 0.29) is 33.0 Å². The minimum Gasteiger partial charge on any atom is -0.499 e. The van der Waals surface area contributed by atoms with E-state index in [4.69, 9.17) is 43.6 Å². The maximum atomic E-state index is 13.4. The molecule has 0 atom stereocenters. The van der Waals surface area contributed by atoms with E-state index in [1.165, 1.54) is 53.7 Å². The Kier molecular flexibility index (Phi) is 7.50. The van der Waals surface area contributed by atoms with Gasteiger partial charge in [0, 0.05) is 36.4 Å². The van der Waals surface area contributed by atoms with Gasteiger partial charge in [0.25, 0.3) is 11.1 Å². The summed E-state index contributed by atoms with van der Waals surface area (Å²) in [6.07, 6.45) is 5.12. The van der Waals surface area contributed by atoms with Crippen LogP contribution in [-0.2, 0) is 11.0 Å². The molecule has 0 amide bonds. The number of hydrogen-bond acceptors (Lipinski definition) is 7. The highest BCUT2D eigenvalue weighted by atomic mass is 35.5. The van der Waals surface area contributed by atoms with Crippen LogP contribution in [0.5, 0.6) is 5.75 Å². The van der Waals surface area contributed by atoms with Crippen LogP contribution in [0.4, 0.5) is 4.39 Å². The van der Waals surface area contributed by atoms with Crippen LogP contribution < -0.4 is 15.9 Å². The van der Waals surface area contributed by atoms with E-state index in [0.29, 0.717) is 16.9 Å². The van der Waals surface area contributed by atoms with Crippen molar-refractivity contribution in [2.75, 3.05) is 0 Å². The van der Waals surface area contributed by atoms with Gasteiger partial charge >= 0.3 is 0 Å². The molecule has 0 saturated carbocycles. The van der Waals surface area contributed by atoms with Crippen molar-refractivity contribution in [2.24, 2.45) is 0 Å². The maximum Gasteiger partial charge on any atom is 0.280 e. The summed E-state index contributed by atoms with van der Waals surface area (Å²) in [5.41, 5.74) is -1.66. The number of aliphatic hydroxyl groups is 1. The third-order valence-corrected chi connectivity index (χ3v) is 6.36. The van der Waals surface area contributed by atoms with Crippen LogP contribution in [0.3, 0.4) is 0 Å². The zero-order chi connectivity index (χ0) is 28.9. The highest BCUT2D eigenvalue weighted by Crippen LogP contribution is 2.32. The summed E-state index contributed by atoms with van der Waals surface area (Å²) >= 11 is 12.4. The number of aromatic nitrogens is 5. The predicted octanol–water partition coefficient (Wildman–Crippen LogP) is 2.99. The van der Waals surface area contributed by atoms with Gasteiger partial charge in [0.15, 0.2) is 0 Å². The predicted molar refractivity (Wildman–Crippen MR) is 146 cm³/mol. The van der Waals surface area contributed by atoms with Crippen molar-refractivity contribution < 1.29 is 14.2 Å². The van der Waals surface area contributed by atoms with Crippen molar-refractivity contribution in [3.63, 3.8) is 0 Å². The van der Waals surface area contributed by atoms with Gasteiger partial charge < -0.3 is 9.84 Å². The number of halogens is 3. The van der Waals surface area contributed by atoms with Gasteiger partial charge in [-0.2, -0.15) is 0 Å². The zero-order valence-electron chi connectivity index (χ0n) is 21.2. The van der Waals surface area contributed by atoms with Gasteiger partial charge in [0.1, 0.15) is 49.4 Å². The number of nitrogens with zero attached hydrogens (tertiary/aromatic N) is 5. The number of hydrogen-bond donors (Lipinski definition) is 1. The Labute approximate surface area is 235 Å². The third kappa shape index (κ3) is 5.50. The molecule has 0 aliphatic rings. The lowest BCUT2D eigenvalue weighted by molar-refractivity contribution is 0.0718. The monoisotopic (exact) mass is 565 g/mol. The molecule has 0 aliphatic carbocycles. The van der Waals surface area contributed by atoms with E-state index in [1.807, 2.05) is 0 Å². The molecule has 0 spiro atoms. The van der Waals surface area contributed by atoms with Crippen LogP contribution in [0.2, 0.25) is 10.0 Å². The van der Waals surface area contributed by atoms with Crippen LogP contribution >= 0.6 is 23.2 Å². The van der Waals surface area contributed by atoms with Crippen molar-refractivity contribution in [1.29, 1.82) is 0 Å². The van der Waals surface area contributed by atoms with Crippen LogP contribution in [0, 0.1) is 19.7 Å². The molecule has 14 heteroatoms. The van der Waals surface area contributed by atoms with Gasteiger partial charge in [0.2, 0.25) is 0 Å². The van der Waals surface area contributed by atoms with Gasteiger partial charge in [-0.05, 0) is 39.3 Å². The summed E-state index contributed by atoms with van der Waals surface area (Å²) in [6, 6.07) is 3.92. The van der Waals surface area contributed by atoms with E-state index in [9.17, 15) is 19.1 Å². The molecule has 4 aromatic heterocycles. The van der Waals surface area contributed by atoms with Crippen LogP contribution in [-0.4, -0.2) is 44.9 Å². The normalized spacial score (nSPS) is 12.0. The van der Waals surface area contributed by atoms with E-state index in [1.54, 1.807) is 13.8 Å². The van der Waals surface area contributed by atoms with Crippen molar-refractivity contribution >= 4 is 38.9 Å². The highest BCUT2D eigenvalue weighted by molar-refractivity contribution is 6.41. The van der Waals surface area contributed by atoms with Crippen molar-refractivity contribution in [3.05, 3.63) is 102 Å². The lowest BCUT2D eigenvalue weighted by atomic mass is 9.63. The summed E-state index contributed by atoms with van der Waals surface area (Å²) in [4.78, 5) is 38.6. The first-order valence-corrected chi connectivity index (χ1v) is 12.2. The number of ether oxygens (including phenoxy) is 1. The van der Waals surface area contributed by atoms with Crippen molar-refractivity contribution in [3.8, 4) is 17.3 Å². The van der Waals surface area contributed by atoms with E-state index < -0.39 is 27.9 Å². The fourth-order valence-corrected chi connectivity index (χ4v) is 4.35. The van der Waals surface area contributed by atoms with Gasteiger partial charge in [-0.3, -0.25) is 28.7 Å². The van der Waals surface area contributed by atoms with Gasteiger partial charge in [-0.25, -0.2) is 9.37 Å². The second-order valence-corrected chi connectivity index (χ2v) is 10.1. The summed E-state index contributed by atoms with van der Waals surface area (Å²) in [5, 5.41) is 7.62. The smallest absolute Gasteiger partial charge is 0.280 e. The lowest BCUT2D eigenvalue weighted by Crippen LogP contribution is -2.36. The lowest BCUT2D eigenvalue weighted by Gasteiger charge is -2.29. The molecule has 4 aromatic rings. The van der Waals surface area contributed by atoms with Gasteiger partial charge in [-0.15, -0.1) is 0 Å². The largest absolute Gasteiger partial charge is 0.499 e. The second-order valence-electron chi connectivity index (χ2n) is 9.32. The quantitative estimate of drug-likeness (QED) is 0.358. The molecule has 4 rings (SSSR count). The molecule has 4 heterocycles. The Bertz CT molecular complexity index is 1720. The molecule has 196 valence electrons. The average molecular weight is 566 g/mol. The first-order chi connectivity index (χ1) is 18.1. The topological polar surface area (TPSA) is 112 Å². The Hall–Kier alpha value is -3.47. The third-order valence-electron chi connectivity index (χ3n) is 5.72. The minimum absolute atomic E-state index is 0.0744. The Morgan fingerprint density at radius 3 is 2.33 bits per heavy atom. The van der Waals surface area contributed by atoms with Crippen LogP contribution in [0.15, 0.2) is 52.6 Å². The van der Waals surface area contributed by atoms with Crippen molar-refractivity contribution in [2.45, 2.75) is 38.7 Å². The number of pyridine rings is 3. The van der Waals surface area contributed by atoms with E-state index in [2.05, 4.69) is 15.0 Å². The van der Waals surface area contributed by atoms with E-state index >= 15 is 0 Å². The molecule has 39 heavy (non-hydrogen) atoms. The first kappa shape index (κ1) is 28.5. The second kappa shape index (κ2) is 10.3. The number of aryl methyl sites for hydroxylation is 2. The number of rotatable bonds is 6. The Morgan fingerprint density at radius 1 is 1.00 bits per heavy atom. The molecular weight excluding hydrogens is 546 g/mol. The first-order valence-electron chi connectivity index (χ1n) is 11.4. The molecule has 0 fully saturated rings. The summed E-state index contributed by atoms with van der Waals surface area (Å²) < 4.78 is 21.6. The fourth-order valence-electron chi connectivity index (χ4n) is 3.87. The molecule has 0 unspecified atom stereocenters. The molecule has 4 radical (unpaired) electrons. The summed E-state index contributed by atoms with van der Waals surface area (Å²) in [6.45, 7) is 6.23. The summed E-state index contributed by atoms with van der Waals surface area (Å²) in [7, 11) is 12.1. The van der Waals surface area contributed by atoms with Gasteiger partial charge in [0.05, 0.1) is 28.0 Å². The average Bonchev–Trinajstić information content (AvgIpc) is 2.82. The van der Waals surface area contributed by atoms with Crippen molar-refractivity contribution in [1.82, 2.24) is 24.1 Å². The molecule has 0 aromatic carbocycles.